The highest BCUT2D eigenvalue weighted by molar-refractivity contribution is 6.31. The molecule has 0 radical (unpaired) electrons. The number of hydrogen-bond donors (Lipinski definition) is 4. The molecule has 0 aliphatic carbocycles. The molecule has 1 atom stereocenters. The Morgan fingerprint density at radius 1 is 0.977 bits per heavy atom. The quantitative estimate of drug-likeness (QED) is 0.173. The lowest BCUT2D eigenvalue weighted by Crippen LogP contribution is -2.50. The Labute approximate surface area is 255 Å². The van der Waals surface area contributed by atoms with E-state index in [2.05, 4.69) is 31.6 Å². The van der Waals surface area contributed by atoms with Gasteiger partial charge >= 0.3 is 0 Å². The van der Waals surface area contributed by atoms with Crippen LogP contribution in [0.2, 0.25) is 5.02 Å². The molecule has 9 heteroatoms. The first-order valence-corrected chi connectivity index (χ1v) is 14.8. The zero-order valence-corrected chi connectivity index (χ0v) is 24.7. The third-order valence-electron chi connectivity index (χ3n) is 8.05. The zero-order chi connectivity index (χ0) is 29.8. The van der Waals surface area contributed by atoms with Gasteiger partial charge in [0.2, 0.25) is 11.8 Å². The number of carbonyl (C=O) groups is 2. The van der Waals surface area contributed by atoms with Crippen LogP contribution in [0.5, 0.6) is 5.75 Å². The van der Waals surface area contributed by atoms with Crippen molar-refractivity contribution < 1.29 is 14.3 Å². The van der Waals surface area contributed by atoms with Crippen molar-refractivity contribution in [1.29, 1.82) is 0 Å². The summed E-state index contributed by atoms with van der Waals surface area (Å²) in [5, 5.41) is 8.87. The van der Waals surface area contributed by atoms with Gasteiger partial charge in [-0.15, -0.1) is 0 Å². The van der Waals surface area contributed by atoms with Gasteiger partial charge in [0.15, 0.2) is 0 Å². The maximum Gasteiger partial charge on any atom is 0.243 e. The average Bonchev–Trinajstić information content (AvgIpc) is 3.64. The molecule has 43 heavy (non-hydrogen) atoms. The maximum atomic E-state index is 13.5. The number of H-pyrrole nitrogens is 2. The van der Waals surface area contributed by atoms with Crippen molar-refractivity contribution in [3.63, 3.8) is 0 Å². The Balaban J connectivity index is 1.13. The molecule has 0 saturated carbocycles. The van der Waals surface area contributed by atoms with E-state index in [-0.39, 0.29) is 18.4 Å². The van der Waals surface area contributed by atoms with Crippen LogP contribution in [0.25, 0.3) is 27.4 Å². The highest BCUT2D eigenvalue weighted by atomic mass is 35.5. The van der Waals surface area contributed by atoms with E-state index < -0.39 is 6.04 Å². The Morgan fingerprint density at radius 3 is 2.60 bits per heavy atom. The van der Waals surface area contributed by atoms with Crippen LogP contribution in [0.15, 0.2) is 85.2 Å². The minimum absolute atomic E-state index is 0.187. The van der Waals surface area contributed by atoms with Crippen molar-refractivity contribution in [2.75, 3.05) is 26.7 Å². The fraction of sp³-hybridized carbons (Fsp3) is 0.235. The van der Waals surface area contributed by atoms with Crippen LogP contribution in [0.3, 0.4) is 0 Å². The van der Waals surface area contributed by atoms with Gasteiger partial charge in [0.25, 0.3) is 0 Å². The maximum absolute atomic E-state index is 13.5. The zero-order valence-electron chi connectivity index (χ0n) is 24.0. The predicted octanol–water partition coefficient (Wildman–Crippen LogP) is 5.44. The van der Waals surface area contributed by atoms with E-state index in [9.17, 15) is 9.59 Å². The van der Waals surface area contributed by atoms with Crippen LogP contribution in [-0.2, 0) is 22.6 Å². The number of aromatic nitrogens is 2. The molecular formula is C34H34ClN5O3. The number of halogens is 1. The van der Waals surface area contributed by atoms with Crippen LogP contribution in [0, 0.1) is 0 Å². The Morgan fingerprint density at radius 2 is 1.77 bits per heavy atom. The van der Waals surface area contributed by atoms with Crippen molar-refractivity contribution in [2.45, 2.75) is 25.4 Å². The van der Waals surface area contributed by atoms with Gasteiger partial charge in [0, 0.05) is 76.4 Å². The van der Waals surface area contributed by atoms with Crippen molar-refractivity contribution in [3.05, 3.63) is 107 Å². The summed E-state index contributed by atoms with van der Waals surface area (Å²) in [5.74, 6) is 0.268. The minimum atomic E-state index is -0.742. The summed E-state index contributed by atoms with van der Waals surface area (Å²) in [4.78, 5) is 35.5. The lowest BCUT2D eigenvalue weighted by atomic mass is 9.99. The highest BCUT2D eigenvalue weighted by Crippen LogP contribution is 2.31. The number of para-hydroxylation sites is 2. The molecule has 3 heterocycles. The van der Waals surface area contributed by atoms with Gasteiger partial charge in [-0.05, 0) is 47.9 Å². The molecular weight excluding hydrogens is 562 g/mol. The second-order valence-corrected chi connectivity index (χ2v) is 11.3. The van der Waals surface area contributed by atoms with Crippen LogP contribution in [0.1, 0.15) is 23.1 Å². The van der Waals surface area contributed by atoms with E-state index in [1.54, 1.807) is 7.11 Å². The van der Waals surface area contributed by atoms with E-state index in [1.807, 2.05) is 79.1 Å². The first kappa shape index (κ1) is 28.6. The monoisotopic (exact) mass is 595 g/mol. The molecule has 2 aromatic heterocycles. The number of rotatable bonds is 10. The minimum Gasteiger partial charge on any atom is -0.496 e. The number of hydrogen-bond acceptors (Lipinski definition) is 4. The third-order valence-corrected chi connectivity index (χ3v) is 8.28. The largest absolute Gasteiger partial charge is 0.496 e. The Kier molecular flexibility index (Phi) is 8.49. The van der Waals surface area contributed by atoms with Gasteiger partial charge in [-0.25, -0.2) is 0 Å². The van der Waals surface area contributed by atoms with Gasteiger partial charge in [-0.2, -0.15) is 0 Å². The summed E-state index contributed by atoms with van der Waals surface area (Å²) in [6.45, 7) is 1.87. The SMILES string of the molecule is COc1ccccc1CNC(=O)[C@@H](Cc1c[nH]c2ccccc12)NC(=O)CN1CC=C(c2c[nH]c3ccc(Cl)cc23)CC1. The number of benzene rings is 3. The smallest absolute Gasteiger partial charge is 0.243 e. The molecule has 4 N–H and O–H groups in total. The van der Waals surface area contributed by atoms with Gasteiger partial charge in [-0.1, -0.05) is 54.1 Å². The van der Waals surface area contributed by atoms with Gasteiger partial charge in [0.1, 0.15) is 11.8 Å². The number of ether oxygens (including phenoxy) is 1. The van der Waals surface area contributed by atoms with Crippen LogP contribution in [0.4, 0.5) is 0 Å². The number of amides is 2. The van der Waals surface area contributed by atoms with E-state index >= 15 is 0 Å². The highest BCUT2D eigenvalue weighted by Gasteiger charge is 2.25. The topological polar surface area (TPSA) is 102 Å². The molecule has 0 spiro atoms. The van der Waals surface area contributed by atoms with Crippen LogP contribution >= 0.6 is 11.6 Å². The third kappa shape index (κ3) is 6.45. The number of fused-ring (bicyclic) bond motifs is 2. The molecule has 0 bridgehead atoms. The molecule has 6 rings (SSSR count). The summed E-state index contributed by atoms with van der Waals surface area (Å²) in [5.41, 5.74) is 6.25. The number of nitrogens with zero attached hydrogens (tertiary/aromatic N) is 1. The molecule has 8 nitrogen and oxygen atoms in total. The fourth-order valence-corrected chi connectivity index (χ4v) is 5.96. The predicted molar refractivity (Wildman–Crippen MR) is 171 cm³/mol. The van der Waals surface area contributed by atoms with E-state index in [1.165, 1.54) is 5.57 Å². The normalized spacial score (nSPS) is 14.4. The Hall–Kier alpha value is -4.53. The average molecular weight is 596 g/mol. The van der Waals surface area contributed by atoms with E-state index in [0.29, 0.717) is 30.3 Å². The van der Waals surface area contributed by atoms with Crippen molar-refractivity contribution >= 4 is 50.8 Å². The van der Waals surface area contributed by atoms with Crippen molar-refractivity contribution in [3.8, 4) is 5.75 Å². The lowest BCUT2D eigenvalue weighted by Gasteiger charge is -2.27. The molecule has 5 aromatic rings. The molecule has 2 amide bonds. The first-order valence-electron chi connectivity index (χ1n) is 14.4. The number of carbonyl (C=O) groups excluding carboxylic acids is 2. The van der Waals surface area contributed by atoms with Gasteiger partial charge in [-0.3, -0.25) is 14.5 Å². The summed E-state index contributed by atoms with van der Waals surface area (Å²) < 4.78 is 5.44. The molecule has 1 aliphatic heterocycles. The molecule has 0 fully saturated rings. The van der Waals surface area contributed by atoms with Crippen LogP contribution in [-0.4, -0.2) is 59.5 Å². The Bertz CT molecular complexity index is 1810. The number of nitrogens with one attached hydrogen (secondary N) is 4. The molecule has 0 unspecified atom stereocenters. The second kappa shape index (κ2) is 12.8. The number of methoxy groups -OCH3 is 1. The van der Waals surface area contributed by atoms with Gasteiger partial charge in [0.05, 0.1) is 13.7 Å². The summed E-state index contributed by atoms with van der Waals surface area (Å²) in [7, 11) is 1.61. The molecule has 0 saturated heterocycles. The van der Waals surface area contributed by atoms with Gasteiger partial charge < -0.3 is 25.3 Å². The van der Waals surface area contributed by atoms with Crippen molar-refractivity contribution in [1.82, 2.24) is 25.5 Å². The summed E-state index contributed by atoms with van der Waals surface area (Å²) >= 11 is 6.25. The van der Waals surface area contributed by atoms with E-state index in [0.717, 1.165) is 51.5 Å². The standard InChI is InChI=1S/C34H34ClN5O3/c1-43-32-9-5-2-6-23(32)18-38-34(42)31(16-24-19-36-29-8-4-3-7-26(24)29)39-33(41)21-40-14-12-22(13-15-40)28-20-37-30-11-10-25(35)17-27(28)30/h2-12,17,19-20,31,36-37H,13-16,18,21H2,1H3,(H,38,42)(H,39,41)/t31-/m1/s1. The summed E-state index contributed by atoms with van der Waals surface area (Å²) in [6.07, 6.45) is 7.27. The van der Waals surface area contributed by atoms with E-state index in [4.69, 9.17) is 16.3 Å². The summed E-state index contributed by atoms with van der Waals surface area (Å²) in [6, 6.07) is 20.6. The van der Waals surface area contributed by atoms with Crippen LogP contribution < -0.4 is 15.4 Å². The second-order valence-electron chi connectivity index (χ2n) is 10.8. The lowest BCUT2D eigenvalue weighted by molar-refractivity contribution is -0.129. The first-order chi connectivity index (χ1) is 21.0. The number of aromatic amines is 2. The molecule has 3 aromatic carbocycles. The fourth-order valence-electron chi connectivity index (χ4n) is 5.79. The molecule has 1 aliphatic rings. The van der Waals surface area contributed by atoms with Crippen molar-refractivity contribution in [2.24, 2.45) is 0 Å². The molecule has 220 valence electrons.